The van der Waals surface area contributed by atoms with Gasteiger partial charge in [0.2, 0.25) is 0 Å². The standard InChI is InChI=1S/C15H11N5O/c16-11-4-5-13(15-14(11)19-21-20-15)18-12-3-1-2-9-8-17-7-6-10(9)12/h1-8,18H,16H2. The molecule has 0 saturated carbocycles. The molecule has 2 aromatic heterocycles. The second kappa shape index (κ2) is 4.45. The molecule has 0 aliphatic rings. The average Bonchev–Trinajstić information content (AvgIpc) is 3.01. The van der Waals surface area contributed by atoms with Gasteiger partial charge in [0.15, 0.2) is 11.0 Å². The van der Waals surface area contributed by atoms with Crippen molar-refractivity contribution >= 4 is 38.9 Å². The highest BCUT2D eigenvalue weighted by molar-refractivity contribution is 6.00. The van der Waals surface area contributed by atoms with Gasteiger partial charge in [0, 0.05) is 28.9 Å². The van der Waals surface area contributed by atoms with Crippen molar-refractivity contribution < 1.29 is 4.63 Å². The SMILES string of the molecule is Nc1ccc(Nc2cccc3cnccc23)c2nonc12. The molecule has 0 spiro atoms. The second-order valence-corrected chi connectivity index (χ2v) is 4.69. The Morgan fingerprint density at radius 1 is 0.952 bits per heavy atom. The predicted molar refractivity (Wildman–Crippen MR) is 81.2 cm³/mol. The van der Waals surface area contributed by atoms with Gasteiger partial charge in [0.1, 0.15) is 0 Å². The molecule has 0 bridgehead atoms. The molecule has 0 unspecified atom stereocenters. The largest absolute Gasteiger partial charge is 0.397 e. The molecule has 4 rings (SSSR count). The van der Waals surface area contributed by atoms with Crippen LogP contribution in [0.15, 0.2) is 53.4 Å². The van der Waals surface area contributed by atoms with Crippen LogP contribution in [0.25, 0.3) is 21.8 Å². The quantitative estimate of drug-likeness (QED) is 0.547. The molecule has 6 nitrogen and oxygen atoms in total. The zero-order valence-electron chi connectivity index (χ0n) is 10.9. The Bertz CT molecular complexity index is 942. The fraction of sp³-hybridized carbons (Fsp3) is 0. The highest BCUT2D eigenvalue weighted by Gasteiger charge is 2.11. The smallest absolute Gasteiger partial charge is 0.160 e. The van der Waals surface area contributed by atoms with E-state index in [0.29, 0.717) is 16.7 Å². The maximum Gasteiger partial charge on any atom is 0.160 e. The fourth-order valence-corrected chi connectivity index (χ4v) is 2.36. The molecule has 6 heteroatoms. The van der Waals surface area contributed by atoms with Gasteiger partial charge in [0.25, 0.3) is 0 Å². The number of nitrogen functional groups attached to an aromatic ring is 1. The van der Waals surface area contributed by atoms with E-state index in [1.54, 1.807) is 12.3 Å². The summed E-state index contributed by atoms with van der Waals surface area (Å²) in [4.78, 5) is 4.13. The number of benzene rings is 2. The van der Waals surface area contributed by atoms with E-state index >= 15 is 0 Å². The highest BCUT2D eigenvalue weighted by Crippen LogP contribution is 2.30. The lowest BCUT2D eigenvalue weighted by atomic mass is 10.1. The summed E-state index contributed by atoms with van der Waals surface area (Å²) in [5.41, 5.74) is 9.32. The van der Waals surface area contributed by atoms with Crippen LogP contribution < -0.4 is 11.1 Å². The lowest BCUT2D eigenvalue weighted by Crippen LogP contribution is -1.95. The number of aromatic nitrogens is 3. The fourth-order valence-electron chi connectivity index (χ4n) is 2.36. The van der Waals surface area contributed by atoms with Crippen LogP contribution in [0, 0.1) is 0 Å². The molecular formula is C15H11N5O. The first-order valence-corrected chi connectivity index (χ1v) is 6.43. The molecule has 0 fully saturated rings. The van der Waals surface area contributed by atoms with Crippen LogP contribution >= 0.6 is 0 Å². The van der Waals surface area contributed by atoms with E-state index in [0.717, 1.165) is 22.1 Å². The predicted octanol–water partition coefficient (Wildman–Crippen LogP) is 3.10. The molecule has 0 amide bonds. The molecule has 4 aromatic rings. The summed E-state index contributed by atoms with van der Waals surface area (Å²) in [6, 6.07) is 11.6. The zero-order chi connectivity index (χ0) is 14.2. The molecule has 0 saturated heterocycles. The summed E-state index contributed by atoms with van der Waals surface area (Å²) in [6.07, 6.45) is 3.60. The lowest BCUT2D eigenvalue weighted by Gasteiger charge is -2.10. The maximum absolute atomic E-state index is 5.85. The summed E-state index contributed by atoms with van der Waals surface area (Å²) in [5, 5.41) is 13.2. The van der Waals surface area contributed by atoms with E-state index < -0.39 is 0 Å². The summed E-state index contributed by atoms with van der Waals surface area (Å²) in [7, 11) is 0. The molecule has 0 aliphatic carbocycles. The zero-order valence-corrected chi connectivity index (χ0v) is 10.9. The molecular weight excluding hydrogens is 266 g/mol. The van der Waals surface area contributed by atoms with E-state index in [1.165, 1.54) is 0 Å². The van der Waals surface area contributed by atoms with Gasteiger partial charge in [-0.1, -0.05) is 12.1 Å². The van der Waals surface area contributed by atoms with Crippen molar-refractivity contribution in [2.75, 3.05) is 11.1 Å². The normalized spacial score (nSPS) is 11.0. The number of hydrogen-bond donors (Lipinski definition) is 2. The van der Waals surface area contributed by atoms with Crippen molar-refractivity contribution in [3.05, 3.63) is 48.8 Å². The maximum atomic E-state index is 5.85. The van der Waals surface area contributed by atoms with Crippen LogP contribution in [0.3, 0.4) is 0 Å². The van der Waals surface area contributed by atoms with Gasteiger partial charge in [-0.15, -0.1) is 0 Å². The first-order chi connectivity index (χ1) is 10.3. The first kappa shape index (κ1) is 11.7. The average molecular weight is 277 g/mol. The second-order valence-electron chi connectivity index (χ2n) is 4.69. The van der Waals surface area contributed by atoms with Crippen LogP contribution in [0.5, 0.6) is 0 Å². The monoisotopic (exact) mass is 277 g/mol. The van der Waals surface area contributed by atoms with Gasteiger partial charge in [-0.25, -0.2) is 4.63 Å². The topological polar surface area (TPSA) is 89.9 Å². The number of hydrogen-bond acceptors (Lipinski definition) is 6. The van der Waals surface area contributed by atoms with Crippen LogP contribution in [0.1, 0.15) is 0 Å². The number of pyridine rings is 1. The van der Waals surface area contributed by atoms with Crippen LogP contribution in [0.2, 0.25) is 0 Å². The highest BCUT2D eigenvalue weighted by atomic mass is 16.6. The molecule has 102 valence electrons. The molecule has 0 atom stereocenters. The van der Waals surface area contributed by atoms with E-state index in [4.69, 9.17) is 10.4 Å². The van der Waals surface area contributed by atoms with E-state index in [1.807, 2.05) is 36.5 Å². The Morgan fingerprint density at radius 3 is 2.81 bits per heavy atom. The third kappa shape index (κ3) is 1.85. The minimum atomic E-state index is 0.541. The summed E-state index contributed by atoms with van der Waals surface area (Å²) in [5.74, 6) is 0. The Kier molecular flexibility index (Phi) is 2.47. The van der Waals surface area contributed by atoms with Crippen molar-refractivity contribution in [2.45, 2.75) is 0 Å². The molecule has 2 heterocycles. The van der Waals surface area contributed by atoms with Crippen molar-refractivity contribution in [1.29, 1.82) is 0 Å². The number of nitrogens with zero attached hydrogens (tertiary/aromatic N) is 3. The number of nitrogens with one attached hydrogen (secondary N) is 1. The number of anilines is 3. The Morgan fingerprint density at radius 2 is 1.86 bits per heavy atom. The van der Waals surface area contributed by atoms with Gasteiger partial charge >= 0.3 is 0 Å². The third-order valence-electron chi connectivity index (χ3n) is 3.40. The van der Waals surface area contributed by atoms with Gasteiger partial charge < -0.3 is 11.1 Å². The summed E-state index contributed by atoms with van der Waals surface area (Å²) < 4.78 is 4.78. The van der Waals surface area contributed by atoms with Crippen molar-refractivity contribution in [3.8, 4) is 0 Å². The van der Waals surface area contributed by atoms with Crippen LogP contribution in [0.4, 0.5) is 17.1 Å². The minimum absolute atomic E-state index is 0.541. The lowest BCUT2D eigenvalue weighted by molar-refractivity contribution is 0.316. The molecule has 3 N–H and O–H groups in total. The molecule has 0 radical (unpaired) electrons. The first-order valence-electron chi connectivity index (χ1n) is 6.43. The van der Waals surface area contributed by atoms with Gasteiger partial charge in [-0.3, -0.25) is 4.98 Å². The number of fused-ring (bicyclic) bond motifs is 2. The van der Waals surface area contributed by atoms with Crippen molar-refractivity contribution in [1.82, 2.24) is 15.3 Å². The minimum Gasteiger partial charge on any atom is -0.397 e. The van der Waals surface area contributed by atoms with Crippen LogP contribution in [-0.4, -0.2) is 15.3 Å². The Hall–Kier alpha value is -3.15. The summed E-state index contributed by atoms with van der Waals surface area (Å²) >= 11 is 0. The number of rotatable bonds is 2. The Balaban J connectivity index is 1.87. The van der Waals surface area contributed by atoms with E-state index in [9.17, 15) is 0 Å². The van der Waals surface area contributed by atoms with Crippen LogP contribution in [-0.2, 0) is 0 Å². The summed E-state index contributed by atoms with van der Waals surface area (Å²) in [6.45, 7) is 0. The molecule has 21 heavy (non-hydrogen) atoms. The van der Waals surface area contributed by atoms with E-state index in [2.05, 4.69) is 20.6 Å². The van der Waals surface area contributed by atoms with Gasteiger partial charge in [0.05, 0.1) is 11.4 Å². The van der Waals surface area contributed by atoms with Crippen molar-refractivity contribution in [2.24, 2.45) is 0 Å². The van der Waals surface area contributed by atoms with Crippen molar-refractivity contribution in [3.63, 3.8) is 0 Å². The molecule has 2 aromatic carbocycles. The van der Waals surface area contributed by atoms with E-state index in [-0.39, 0.29) is 0 Å². The number of nitrogens with two attached hydrogens (primary N) is 1. The molecule has 0 aliphatic heterocycles. The Labute approximate surface area is 119 Å². The third-order valence-corrected chi connectivity index (χ3v) is 3.40. The van der Waals surface area contributed by atoms with Gasteiger partial charge in [-0.2, -0.15) is 0 Å². The van der Waals surface area contributed by atoms with Gasteiger partial charge in [-0.05, 0) is 34.6 Å².